The molecule has 7 nitrogen and oxygen atoms in total. The van der Waals surface area contributed by atoms with Crippen LogP contribution < -0.4 is 10.1 Å². The molecule has 1 N–H and O–H groups in total. The summed E-state index contributed by atoms with van der Waals surface area (Å²) in [5.74, 6) is 0.808. The highest BCUT2D eigenvalue weighted by Crippen LogP contribution is 2.27. The van der Waals surface area contributed by atoms with Gasteiger partial charge in [0.25, 0.3) is 0 Å². The molecule has 0 radical (unpaired) electrons. The van der Waals surface area contributed by atoms with Gasteiger partial charge in [0.2, 0.25) is 0 Å². The molecule has 0 saturated carbocycles. The zero-order chi connectivity index (χ0) is 20.2. The summed E-state index contributed by atoms with van der Waals surface area (Å²) in [6, 6.07) is 17.4. The van der Waals surface area contributed by atoms with Crippen molar-refractivity contribution in [1.82, 2.24) is 15.1 Å². The topological polar surface area (TPSA) is 71.1 Å². The van der Waals surface area contributed by atoms with Crippen molar-refractivity contribution in [2.75, 3.05) is 26.7 Å². The zero-order valence-electron chi connectivity index (χ0n) is 16.4. The minimum atomic E-state index is -0.294. The van der Waals surface area contributed by atoms with Crippen molar-refractivity contribution in [2.45, 2.75) is 25.1 Å². The van der Waals surface area contributed by atoms with Crippen molar-refractivity contribution in [3.8, 4) is 5.75 Å². The summed E-state index contributed by atoms with van der Waals surface area (Å²) in [4.78, 5) is 28.3. The number of ether oxygens (including phenoxy) is 2. The fraction of sp³-hybridized carbons (Fsp3) is 0.364. The maximum atomic E-state index is 12.5. The van der Waals surface area contributed by atoms with E-state index in [1.54, 1.807) is 16.9 Å². The molecule has 0 aromatic heterocycles. The predicted molar refractivity (Wildman–Crippen MR) is 108 cm³/mol. The maximum Gasteiger partial charge on any atom is 0.410 e. The highest BCUT2D eigenvalue weighted by Gasteiger charge is 2.48. The molecule has 2 fully saturated rings. The Morgan fingerprint density at radius 2 is 1.86 bits per heavy atom. The smallest absolute Gasteiger partial charge is 0.410 e. The van der Waals surface area contributed by atoms with E-state index in [9.17, 15) is 9.59 Å². The highest BCUT2D eigenvalue weighted by molar-refractivity contribution is 5.76. The van der Waals surface area contributed by atoms with Gasteiger partial charge in [-0.05, 0) is 29.7 Å². The average molecular weight is 395 g/mol. The Bertz CT molecular complexity index is 856. The molecule has 2 heterocycles. The van der Waals surface area contributed by atoms with Gasteiger partial charge in [-0.2, -0.15) is 0 Å². The molecular formula is C22H25N3O4. The molecule has 0 bridgehead atoms. The number of carbonyl (C=O) groups is 2. The summed E-state index contributed by atoms with van der Waals surface area (Å²) in [7, 11) is 1.64. The van der Waals surface area contributed by atoms with E-state index < -0.39 is 0 Å². The number of hydrogen-bond acceptors (Lipinski definition) is 4. The lowest BCUT2D eigenvalue weighted by molar-refractivity contribution is 0.123. The number of amides is 3. The van der Waals surface area contributed by atoms with E-state index in [1.807, 2.05) is 54.6 Å². The number of benzene rings is 2. The van der Waals surface area contributed by atoms with Crippen LogP contribution in [0.5, 0.6) is 5.75 Å². The summed E-state index contributed by atoms with van der Waals surface area (Å²) in [5.41, 5.74) is 2.17. The van der Waals surface area contributed by atoms with E-state index in [1.165, 1.54) is 0 Å². The van der Waals surface area contributed by atoms with Crippen LogP contribution in [0.25, 0.3) is 0 Å². The molecule has 2 aliphatic rings. The van der Waals surface area contributed by atoms with Crippen molar-refractivity contribution >= 4 is 12.1 Å². The van der Waals surface area contributed by atoms with Crippen molar-refractivity contribution in [3.05, 3.63) is 65.7 Å². The summed E-state index contributed by atoms with van der Waals surface area (Å²) < 4.78 is 10.7. The van der Waals surface area contributed by atoms with E-state index in [-0.39, 0.29) is 24.3 Å². The van der Waals surface area contributed by atoms with Gasteiger partial charge >= 0.3 is 12.1 Å². The van der Waals surface area contributed by atoms with Gasteiger partial charge in [0, 0.05) is 19.6 Å². The lowest BCUT2D eigenvalue weighted by Gasteiger charge is -2.22. The van der Waals surface area contributed by atoms with Crippen LogP contribution in [-0.2, 0) is 17.7 Å². The largest absolute Gasteiger partial charge is 0.497 e. The normalized spacial score (nSPS) is 20.4. The van der Waals surface area contributed by atoms with Gasteiger partial charge in [-0.25, -0.2) is 9.59 Å². The van der Waals surface area contributed by atoms with Gasteiger partial charge in [0.15, 0.2) is 0 Å². The number of likely N-dealkylation sites (tertiary alicyclic amines) is 1. The minimum absolute atomic E-state index is 0.0942. The maximum absolute atomic E-state index is 12.5. The van der Waals surface area contributed by atoms with Crippen LogP contribution in [0.15, 0.2) is 54.6 Å². The number of urea groups is 1. The Morgan fingerprint density at radius 3 is 2.59 bits per heavy atom. The lowest BCUT2D eigenvalue weighted by atomic mass is 10.1. The minimum Gasteiger partial charge on any atom is -0.497 e. The summed E-state index contributed by atoms with van der Waals surface area (Å²) in [6.45, 7) is 1.95. The van der Waals surface area contributed by atoms with Gasteiger partial charge in [-0.3, -0.25) is 4.90 Å². The molecule has 2 aromatic carbocycles. The van der Waals surface area contributed by atoms with E-state index in [0.29, 0.717) is 26.2 Å². The Morgan fingerprint density at radius 1 is 1.10 bits per heavy atom. The fourth-order valence-corrected chi connectivity index (χ4v) is 3.85. The molecule has 2 aromatic rings. The summed E-state index contributed by atoms with van der Waals surface area (Å²) in [6.07, 6.45) is 0.168. The number of rotatable bonds is 6. The summed E-state index contributed by atoms with van der Waals surface area (Å²) >= 11 is 0. The molecule has 152 valence electrons. The first-order chi connectivity index (χ1) is 14.1. The molecule has 2 aliphatic heterocycles. The van der Waals surface area contributed by atoms with Crippen molar-refractivity contribution in [1.29, 1.82) is 0 Å². The number of methoxy groups -OCH3 is 1. The second-order valence-electron chi connectivity index (χ2n) is 7.33. The van der Waals surface area contributed by atoms with E-state index >= 15 is 0 Å². The molecular weight excluding hydrogens is 370 g/mol. The number of nitrogens with one attached hydrogen (secondary N) is 1. The Hall–Kier alpha value is -3.22. The van der Waals surface area contributed by atoms with E-state index in [4.69, 9.17) is 9.47 Å². The third kappa shape index (κ3) is 4.29. The zero-order valence-corrected chi connectivity index (χ0v) is 16.4. The molecule has 0 spiro atoms. The third-order valence-electron chi connectivity index (χ3n) is 5.50. The van der Waals surface area contributed by atoms with Crippen LogP contribution in [0.1, 0.15) is 11.1 Å². The van der Waals surface area contributed by atoms with Crippen LogP contribution >= 0.6 is 0 Å². The predicted octanol–water partition coefficient (Wildman–Crippen LogP) is 2.65. The van der Waals surface area contributed by atoms with Crippen molar-refractivity contribution in [2.24, 2.45) is 0 Å². The first-order valence-electron chi connectivity index (χ1n) is 9.81. The standard InChI is InChI=1S/C22H25N3O4/c1-28-18-9-7-16(8-10-18)11-12-25-19-14-24(15-20(19)29-22(25)27)21(26)23-13-17-5-3-2-4-6-17/h2-10,19-20H,11-15H2,1H3,(H,23,26)/t19-,20+/m1/s1. The molecule has 29 heavy (non-hydrogen) atoms. The van der Waals surface area contributed by atoms with E-state index in [0.717, 1.165) is 23.3 Å². The first kappa shape index (κ1) is 19.1. The second-order valence-corrected chi connectivity index (χ2v) is 7.33. The number of nitrogens with zero attached hydrogens (tertiary/aromatic N) is 2. The van der Waals surface area contributed by atoms with Crippen LogP contribution in [0, 0.1) is 0 Å². The summed E-state index contributed by atoms with van der Waals surface area (Å²) in [5, 5.41) is 2.94. The van der Waals surface area contributed by atoms with Gasteiger partial charge < -0.3 is 19.7 Å². The fourth-order valence-electron chi connectivity index (χ4n) is 3.85. The van der Waals surface area contributed by atoms with Crippen molar-refractivity contribution in [3.63, 3.8) is 0 Å². The van der Waals surface area contributed by atoms with Crippen LogP contribution in [0.4, 0.5) is 9.59 Å². The molecule has 2 atom stereocenters. The Labute approximate surface area is 170 Å². The third-order valence-corrected chi connectivity index (χ3v) is 5.50. The molecule has 4 rings (SSSR count). The quantitative estimate of drug-likeness (QED) is 0.816. The van der Waals surface area contributed by atoms with Crippen LogP contribution in [0.3, 0.4) is 0 Å². The molecule has 7 heteroatoms. The van der Waals surface area contributed by atoms with Gasteiger partial charge in [-0.1, -0.05) is 42.5 Å². The first-order valence-corrected chi connectivity index (χ1v) is 9.81. The SMILES string of the molecule is COc1ccc(CCN2C(=O)O[C@H]3CN(C(=O)NCc4ccccc4)C[C@H]32)cc1. The monoisotopic (exact) mass is 395 g/mol. The Kier molecular flexibility index (Phi) is 5.55. The molecule has 3 amide bonds. The van der Waals surface area contributed by atoms with Gasteiger partial charge in [0.05, 0.1) is 19.7 Å². The van der Waals surface area contributed by atoms with Crippen molar-refractivity contribution < 1.29 is 19.1 Å². The molecule has 2 saturated heterocycles. The molecule has 0 unspecified atom stereocenters. The number of hydrogen-bond donors (Lipinski definition) is 1. The lowest BCUT2D eigenvalue weighted by Crippen LogP contribution is -2.43. The van der Waals surface area contributed by atoms with E-state index in [2.05, 4.69) is 5.32 Å². The van der Waals surface area contributed by atoms with Gasteiger partial charge in [0.1, 0.15) is 11.9 Å². The average Bonchev–Trinajstić information content (AvgIpc) is 3.29. The highest BCUT2D eigenvalue weighted by atomic mass is 16.6. The number of fused-ring (bicyclic) bond motifs is 1. The van der Waals surface area contributed by atoms with Crippen LogP contribution in [0.2, 0.25) is 0 Å². The van der Waals surface area contributed by atoms with Gasteiger partial charge in [-0.15, -0.1) is 0 Å². The Balaban J connectivity index is 1.31. The molecule has 0 aliphatic carbocycles. The number of carbonyl (C=O) groups excluding carboxylic acids is 2. The van der Waals surface area contributed by atoms with Crippen LogP contribution in [-0.4, -0.2) is 60.8 Å². The second kappa shape index (κ2) is 8.43.